The zero-order chi connectivity index (χ0) is 13.7. The number of rotatable bonds is 5. The molecule has 0 unspecified atom stereocenters. The molecule has 100 valence electrons. The lowest BCUT2D eigenvalue weighted by atomic mass is 10.1. The topological polar surface area (TPSA) is 58.4 Å². The second-order valence-corrected chi connectivity index (χ2v) is 4.48. The van der Waals surface area contributed by atoms with Gasteiger partial charge in [-0.15, -0.1) is 0 Å². The summed E-state index contributed by atoms with van der Waals surface area (Å²) in [5.74, 6) is 0.00972. The van der Waals surface area contributed by atoms with Crippen molar-refractivity contribution in [3.05, 3.63) is 23.3 Å². The Bertz CT molecular complexity index is 425. The number of nitrogens with one attached hydrogen (secondary N) is 1. The van der Waals surface area contributed by atoms with Crippen molar-refractivity contribution >= 4 is 17.3 Å². The standard InChI is InChI=1S/C14H23N3O/c1-5-17(6-2)9-13(18)16-14-10(3)7-8-12(15)11(14)4/h7-8H,5-6,9,15H2,1-4H3,(H,16,18). The molecule has 1 rings (SSSR count). The molecule has 0 saturated heterocycles. The molecule has 0 fully saturated rings. The van der Waals surface area contributed by atoms with E-state index in [2.05, 4.69) is 10.2 Å². The molecular formula is C14H23N3O. The van der Waals surface area contributed by atoms with Crippen LogP contribution in [0.5, 0.6) is 0 Å². The number of amides is 1. The number of nitrogens with zero attached hydrogens (tertiary/aromatic N) is 1. The molecule has 0 atom stereocenters. The first-order chi connectivity index (χ1) is 8.49. The lowest BCUT2D eigenvalue weighted by Gasteiger charge is -2.19. The fraction of sp³-hybridized carbons (Fsp3) is 0.500. The number of hydrogen-bond acceptors (Lipinski definition) is 3. The van der Waals surface area contributed by atoms with Crippen LogP contribution in [0.1, 0.15) is 25.0 Å². The Morgan fingerprint density at radius 1 is 1.28 bits per heavy atom. The van der Waals surface area contributed by atoms with E-state index in [9.17, 15) is 4.79 Å². The Kier molecular flexibility index (Phi) is 5.16. The first kappa shape index (κ1) is 14.5. The molecule has 0 aromatic heterocycles. The number of likely N-dealkylation sites (N-methyl/N-ethyl adjacent to an activating group) is 1. The van der Waals surface area contributed by atoms with Crippen LogP contribution < -0.4 is 11.1 Å². The molecule has 0 radical (unpaired) electrons. The van der Waals surface area contributed by atoms with Gasteiger partial charge in [0, 0.05) is 11.4 Å². The number of anilines is 2. The molecule has 0 aliphatic rings. The van der Waals surface area contributed by atoms with Crippen LogP contribution in [0.25, 0.3) is 0 Å². The van der Waals surface area contributed by atoms with Crippen LogP contribution in [0.15, 0.2) is 12.1 Å². The number of carbonyl (C=O) groups excluding carboxylic acids is 1. The van der Waals surface area contributed by atoms with E-state index in [0.717, 1.165) is 29.9 Å². The van der Waals surface area contributed by atoms with E-state index in [1.54, 1.807) is 0 Å². The summed E-state index contributed by atoms with van der Waals surface area (Å²) in [6, 6.07) is 3.79. The van der Waals surface area contributed by atoms with Crippen molar-refractivity contribution in [2.75, 3.05) is 30.7 Å². The van der Waals surface area contributed by atoms with E-state index in [1.807, 2.05) is 39.8 Å². The molecule has 0 heterocycles. The average Bonchev–Trinajstić information content (AvgIpc) is 2.36. The van der Waals surface area contributed by atoms with Crippen molar-refractivity contribution in [1.82, 2.24) is 4.90 Å². The van der Waals surface area contributed by atoms with Gasteiger partial charge >= 0.3 is 0 Å². The second kappa shape index (κ2) is 6.40. The summed E-state index contributed by atoms with van der Waals surface area (Å²) in [5, 5.41) is 2.96. The highest BCUT2D eigenvalue weighted by molar-refractivity contribution is 5.94. The Morgan fingerprint density at radius 3 is 2.44 bits per heavy atom. The van der Waals surface area contributed by atoms with Gasteiger partial charge in [0.2, 0.25) is 5.91 Å². The number of carbonyl (C=O) groups is 1. The summed E-state index contributed by atoms with van der Waals surface area (Å²) >= 11 is 0. The second-order valence-electron chi connectivity index (χ2n) is 4.48. The molecule has 0 aliphatic carbocycles. The van der Waals surface area contributed by atoms with Gasteiger partial charge in [0.25, 0.3) is 0 Å². The van der Waals surface area contributed by atoms with Gasteiger partial charge < -0.3 is 11.1 Å². The number of nitrogen functional groups attached to an aromatic ring is 1. The summed E-state index contributed by atoms with van der Waals surface area (Å²) < 4.78 is 0. The van der Waals surface area contributed by atoms with E-state index in [1.165, 1.54) is 0 Å². The van der Waals surface area contributed by atoms with E-state index in [0.29, 0.717) is 12.2 Å². The predicted molar refractivity (Wildman–Crippen MR) is 76.7 cm³/mol. The number of nitrogens with two attached hydrogens (primary N) is 1. The Hall–Kier alpha value is -1.55. The van der Waals surface area contributed by atoms with E-state index in [-0.39, 0.29) is 5.91 Å². The number of hydrogen-bond donors (Lipinski definition) is 2. The Balaban J connectivity index is 2.79. The molecule has 3 N–H and O–H groups in total. The van der Waals surface area contributed by atoms with E-state index >= 15 is 0 Å². The minimum absolute atomic E-state index is 0.00972. The molecule has 0 aliphatic heterocycles. The van der Waals surface area contributed by atoms with Crippen LogP contribution in [-0.2, 0) is 4.79 Å². The first-order valence-corrected chi connectivity index (χ1v) is 6.37. The van der Waals surface area contributed by atoms with Gasteiger partial charge in [0.1, 0.15) is 0 Å². The fourth-order valence-corrected chi connectivity index (χ4v) is 1.88. The summed E-state index contributed by atoms with van der Waals surface area (Å²) in [7, 11) is 0. The normalized spacial score (nSPS) is 10.7. The van der Waals surface area contributed by atoms with Crippen molar-refractivity contribution < 1.29 is 4.79 Å². The molecular weight excluding hydrogens is 226 g/mol. The highest BCUT2D eigenvalue weighted by atomic mass is 16.2. The van der Waals surface area contributed by atoms with Crippen LogP contribution in [-0.4, -0.2) is 30.4 Å². The van der Waals surface area contributed by atoms with Crippen molar-refractivity contribution in [3.63, 3.8) is 0 Å². The first-order valence-electron chi connectivity index (χ1n) is 6.37. The van der Waals surface area contributed by atoms with Crippen LogP contribution in [0.3, 0.4) is 0 Å². The molecule has 4 nitrogen and oxygen atoms in total. The average molecular weight is 249 g/mol. The summed E-state index contributed by atoms with van der Waals surface area (Å²) in [6.45, 7) is 10.2. The molecule has 4 heteroatoms. The van der Waals surface area contributed by atoms with E-state index < -0.39 is 0 Å². The third-order valence-electron chi connectivity index (χ3n) is 3.24. The van der Waals surface area contributed by atoms with Gasteiger partial charge in [0.15, 0.2) is 0 Å². The van der Waals surface area contributed by atoms with Crippen molar-refractivity contribution in [1.29, 1.82) is 0 Å². The van der Waals surface area contributed by atoms with Crippen molar-refractivity contribution in [2.45, 2.75) is 27.7 Å². The Labute approximate surface area is 109 Å². The maximum atomic E-state index is 12.0. The molecule has 1 aromatic rings. The maximum Gasteiger partial charge on any atom is 0.238 e. The van der Waals surface area contributed by atoms with Gasteiger partial charge in [-0.3, -0.25) is 9.69 Å². The zero-order valence-corrected chi connectivity index (χ0v) is 11.7. The lowest BCUT2D eigenvalue weighted by Crippen LogP contribution is -2.33. The monoisotopic (exact) mass is 249 g/mol. The quantitative estimate of drug-likeness (QED) is 0.786. The van der Waals surface area contributed by atoms with Gasteiger partial charge in [-0.1, -0.05) is 19.9 Å². The van der Waals surface area contributed by atoms with Gasteiger partial charge in [-0.05, 0) is 44.1 Å². The van der Waals surface area contributed by atoms with Crippen LogP contribution >= 0.6 is 0 Å². The summed E-state index contributed by atoms with van der Waals surface area (Å²) in [4.78, 5) is 14.0. The summed E-state index contributed by atoms with van der Waals surface area (Å²) in [5.41, 5.74) is 9.37. The molecule has 0 spiro atoms. The van der Waals surface area contributed by atoms with Gasteiger partial charge in [0.05, 0.1) is 6.54 Å². The molecule has 1 aromatic carbocycles. The molecule has 0 saturated carbocycles. The molecule has 1 amide bonds. The smallest absolute Gasteiger partial charge is 0.238 e. The largest absolute Gasteiger partial charge is 0.398 e. The van der Waals surface area contributed by atoms with Crippen molar-refractivity contribution in [2.24, 2.45) is 0 Å². The highest BCUT2D eigenvalue weighted by Crippen LogP contribution is 2.25. The fourth-order valence-electron chi connectivity index (χ4n) is 1.88. The Morgan fingerprint density at radius 2 is 1.89 bits per heavy atom. The number of aryl methyl sites for hydroxylation is 1. The lowest BCUT2D eigenvalue weighted by molar-refractivity contribution is -0.117. The van der Waals surface area contributed by atoms with Crippen LogP contribution in [0.2, 0.25) is 0 Å². The summed E-state index contributed by atoms with van der Waals surface area (Å²) in [6.07, 6.45) is 0. The molecule has 0 bridgehead atoms. The minimum atomic E-state index is 0.00972. The number of benzene rings is 1. The van der Waals surface area contributed by atoms with Crippen LogP contribution in [0, 0.1) is 13.8 Å². The van der Waals surface area contributed by atoms with E-state index in [4.69, 9.17) is 5.73 Å². The zero-order valence-electron chi connectivity index (χ0n) is 11.7. The molecule has 18 heavy (non-hydrogen) atoms. The van der Waals surface area contributed by atoms with Crippen LogP contribution in [0.4, 0.5) is 11.4 Å². The minimum Gasteiger partial charge on any atom is -0.398 e. The third-order valence-corrected chi connectivity index (χ3v) is 3.24. The third kappa shape index (κ3) is 3.47. The van der Waals surface area contributed by atoms with Gasteiger partial charge in [-0.2, -0.15) is 0 Å². The van der Waals surface area contributed by atoms with Gasteiger partial charge in [-0.25, -0.2) is 0 Å². The SMILES string of the molecule is CCN(CC)CC(=O)Nc1c(C)ccc(N)c1C. The van der Waals surface area contributed by atoms with Crippen molar-refractivity contribution in [3.8, 4) is 0 Å². The highest BCUT2D eigenvalue weighted by Gasteiger charge is 2.11. The predicted octanol–water partition coefficient (Wildman–Crippen LogP) is 2.17. The maximum absolute atomic E-state index is 12.0.